The van der Waals surface area contributed by atoms with Crippen LogP contribution >= 0.6 is 0 Å². The van der Waals surface area contributed by atoms with Crippen molar-refractivity contribution in [2.24, 2.45) is 17.3 Å². The maximum absolute atomic E-state index is 6.08. The highest BCUT2D eigenvalue weighted by Crippen LogP contribution is 2.38. The van der Waals surface area contributed by atoms with Gasteiger partial charge in [0.2, 0.25) is 0 Å². The minimum Gasteiger partial charge on any atom is -0.378 e. The summed E-state index contributed by atoms with van der Waals surface area (Å²) in [4.78, 5) is 0. The molecule has 0 aromatic carbocycles. The molecule has 0 aliphatic carbocycles. The molecule has 0 radical (unpaired) electrons. The summed E-state index contributed by atoms with van der Waals surface area (Å²) in [6.07, 6.45) is 6.01. The van der Waals surface area contributed by atoms with E-state index in [1.807, 2.05) is 0 Å². The first-order valence-corrected chi connectivity index (χ1v) is 8.72. The molecule has 21 heavy (non-hydrogen) atoms. The molecule has 4 atom stereocenters. The normalized spacial score (nSPS) is 33.3. The first kappa shape index (κ1) is 17.2. The van der Waals surface area contributed by atoms with Crippen LogP contribution in [0.15, 0.2) is 0 Å². The van der Waals surface area contributed by atoms with Crippen molar-refractivity contribution in [2.75, 3.05) is 26.9 Å². The van der Waals surface area contributed by atoms with Gasteiger partial charge < -0.3 is 14.8 Å². The Kier molecular flexibility index (Phi) is 5.72. The molecule has 0 aromatic heterocycles. The maximum Gasteiger partial charge on any atom is 0.0939 e. The van der Waals surface area contributed by atoms with Crippen LogP contribution in [-0.4, -0.2) is 38.5 Å². The van der Waals surface area contributed by atoms with Crippen molar-refractivity contribution in [1.29, 1.82) is 0 Å². The van der Waals surface area contributed by atoms with Gasteiger partial charge in [-0.1, -0.05) is 27.7 Å². The average molecular weight is 297 g/mol. The van der Waals surface area contributed by atoms with Gasteiger partial charge in [0.15, 0.2) is 0 Å². The molecule has 2 saturated heterocycles. The molecule has 1 N–H and O–H groups in total. The van der Waals surface area contributed by atoms with Gasteiger partial charge in [0.25, 0.3) is 0 Å². The predicted octanol–water partition coefficient (Wildman–Crippen LogP) is 3.62. The van der Waals surface area contributed by atoms with Gasteiger partial charge in [-0.15, -0.1) is 0 Å². The quantitative estimate of drug-likeness (QED) is 0.840. The van der Waals surface area contributed by atoms with Crippen LogP contribution in [0, 0.1) is 17.3 Å². The van der Waals surface area contributed by atoms with Gasteiger partial charge in [0, 0.05) is 25.7 Å². The van der Waals surface area contributed by atoms with E-state index in [2.05, 4.69) is 40.1 Å². The summed E-state index contributed by atoms with van der Waals surface area (Å²) in [5, 5.41) is 3.60. The number of rotatable bonds is 5. The lowest BCUT2D eigenvalue weighted by Crippen LogP contribution is -2.47. The Balaban J connectivity index is 1.90. The molecule has 0 amide bonds. The molecule has 2 heterocycles. The first-order chi connectivity index (χ1) is 9.84. The smallest absolute Gasteiger partial charge is 0.0939 e. The summed E-state index contributed by atoms with van der Waals surface area (Å²) in [6.45, 7) is 12.0. The Morgan fingerprint density at radius 2 is 2.05 bits per heavy atom. The van der Waals surface area contributed by atoms with Crippen LogP contribution in [0.1, 0.15) is 59.8 Å². The van der Waals surface area contributed by atoms with Crippen LogP contribution in [0.5, 0.6) is 0 Å². The lowest BCUT2D eigenvalue weighted by atomic mass is 9.76. The molecule has 3 heteroatoms. The van der Waals surface area contributed by atoms with Gasteiger partial charge in [-0.3, -0.25) is 0 Å². The molecular weight excluding hydrogens is 262 g/mol. The van der Waals surface area contributed by atoms with Crippen LogP contribution in [0.25, 0.3) is 0 Å². The van der Waals surface area contributed by atoms with Crippen LogP contribution in [0.2, 0.25) is 0 Å². The molecule has 0 saturated carbocycles. The molecule has 2 aliphatic heterocycles. The van der Waals surface area contributed by atoms with Gasteiger partial charge in [-0.05, 0) is 50.0 Å². The van der Waals surface area contributed by atoms with Gasteiger partial charge >= 0.3 is 0 Å². The van der Waals surface area contributed by atoms with Crippen molar-refractivity contribution in [1.82, 2.24) is 5.32 Å². The fourth-order valence-corrected chi connectivity index (χ4v) is 4.38. The maximum atomic E-state index is 6.08. The van der Waals surface area contributed by atoms with Gasteiger partial charge in [-0.25, -0.2) is 0 Å². The fourth-order valence-electron chi connectivity index (χ4n) is 4.38. The third kappa shape index (κ3) is 4.94. The standard InChI is InChI=1S/C18H35NO2/c1-14(11-17(2,3)4)10-16(19-5)15-6-8-21-18(12-15)7-9-20-13-18/h14-16,19H,6-13H2,1-5H3. The van der Waals surface area contributed by atoms with Crippen LogP contribution < -0.4 is 5.32 Å². The van der Waals surface area contributed by atoms with Crippen molar-refractivity contribution < 1.29 is 9.47 Å². The van der Waals surface area contributed by atoms with Crippen molar-refractivity contribution >= 4 is 0 Å². The first-order valence-electron chi connectivity index (χ1n) is 8.72. The third-order valence-electron chi connectivity index (χ3n) is 5.16. The highest BCUT2D eigenvalue weighted by atomic mass is 16.6. The molecule has 0 bridgehead atoms. The van der Waals surface area contributed by atoms with E-state index in [9.17, 15) is 0 Å². The van der Waals surface area contributed by atoms with Gasteiger partial charge in [0.1, 0.15) is 0 Å². The molecule has 2 aliphatic rings. The fraction of sp³-hybridized carbons (Fsp3) is 1.00. The lowest BCUT2D eigenvalue weighted by molar-refractivity contribution is -0.103. The second-order valence-corrected chi connectivity index (χ2v) is 8.59. The van der Waals surface area contributed by atoms with Crippen molar-refractivity contribution in [2.45, 2.75) is 71.4 Å². The van der Waals surface area contributed by atoms with E-state index in [4.69, 9.17) is 9.47 Å². The van der Waals surface area contributed by atoms with Crippen LogP contribution in [0.4, 0.5) is 0 Å². The monoisotopic (exact) mass is 297 g/mol. The Labute approximate surface area is 131 Å². The third-order valence-corrected chi connectivity index (χ3v) is 5.16. The highest BCUT2D eigenvalue weighted by Gasteiger charge is 2.42. The summed E-state index contributed by atoms with van der Waals surface area (Å²) in [5.74, 6) is 1.49. The Bertz CT molecular complexity index is 318. The Morgan fingerprint density at radius 3 is 2.62 bits per heavy atom. The SMILES string of the molecule is CNC(CC(C)CC(C)(C)C)C1CCOC2(CCOC2)C1. The Hall–Kier alpha value is -0.120. The van der Waals surface area contributed by atoms with Crippen LogP contribution in [-0.2, 0) is 9.47 Å². The summed E-state index contributed by atoms with van der Waals surface area (Å²) in [6, 6.07) is 0.615. The van der Waals surface area contributed by atoms with Gasteiger partial charge in [0.05, 0.1) is 12.2 Å². The summed E-state index contributed by atoms with van der Waals surface area (Å²) in [5.41, 5.74) is 0.458. The van der Waals surface area contributed by atoms with E-state index >= 15 is 0 Å². The number of ether oxygens (including phenoxy) is 2. The minimum atomic E-state index is 0.0330. The highest BCUT2D eigenvalue weighted by molar-refractivity contribution is 4.94. The molecule has 2 fully saturated rings. The van der Waals surface area contributed by atoms with E-state index in [1.54, 1.807) is 0 Å². The topological polar surface area (TPSA) is 30.5 Å². The molecule has 3 nitrogen and oxygen atoms in total. The molecule has 4 unspecified atom stereocenters. The predicted molar refractivity (Wildman–Crippen MR) is 87.5 cm³/mol. The van der Waals surface area contributed by atoms with E-state index in [1.165, 1.54) is 25.7 Å². The number of hydrogen-bond donors (Lipinski definition) is 1. The van der Waals surface area contributed by atoms with E-state index in [0.29, 0.717) is 11.5 Å². The molecule has 2 rings (SSSR count). The Morgan fingerprint density at radius 1 is 1.29 bits per heavy atom. The van der Waals surface area contributed by atoms with Crippen molar-refractivity contribution in [3.63, 3.8) is 0 Å². The van der Waals surface area contributed by atoms with Crippen molar-refractivity contribution in [3.05, 3.63) is 0 Å². The lowest BCUT2D eigenvalue weighted by Gasteiger charge is -2.41. The van der Waals surface area contributed by atoms with E-state index in [0.717, 1.165) is 38.1 Å². The summed E-state index contributed by atoms with van der Waals surface area (Å²) >= 11 is 0. The molecule has 124 valence electrons. The van der Waals surface area contributed by atoms with Gasteiger partial charge in [-0.2, -0.15) is 0 Å². The minimum absolute atomic E-state index is 0.0330. The van der Waals surface area contributed by atoms with E-state index in [-0.39, 0.29) is 5.60 Å². The van der Waals surface area contributed by atoms with Crippen LogP contribution in [0.3, 0.4) is 0 Å². The largest absolute Gasteiger partial charge is 0.378 e. The second kappa shape index (κ2) is 6.97. The zero-order valence-electron chi connectivity index (χ0n) is 14.7. The molecule has 1 spiro atoms. The second-order valence-electron chi connectivity index (χ2n) is 8.59. The average Bonchev–Trinajstić information content (AvgIpc) is 2.82. The van der Waals surface area contributed by atoms with Crippen molar-refractivity contribution in [3.8, 4) is 0 Å². The zero-order chi connectivity index (χ0) is 15.5. The zero-order valence-corrected chi connectivity index (χ0v) is 14.7. The summed E-state index contributed by atoms with van der Waals surface area (Å²) in [7, 11) is 2.13. The molecular formula is C18H35NO2. The summed E-state index contributed by atoms with van der Waals surface area (Å²) < 4.78 is 11.7. The number of hydrogen-bond acceptors (Lipinski definition) is 3. The molecule has 0 aromatic rings. The number of nitrogens with one attached hydrogen (secondary N) is 1. The van der Waals surface area contributed by atoms with E-state index < -0.39 is 0 Å².